The Morgan fingerprint density at radius 2 is 1.11 bits per heavy atom. The molecule has 204 valence electrons. The van der Waals surface area contributed by atoms with Crippen LogP contribution in [0.1, 0.15) is 58.8 Å². The minimum atomic E-state index is -1.52. The fourth-order valence-electron chi connectivity index (χ4n) is 3.02. The second-order valence-electron chi connectivity index (χ2n) is 8.63. The zero-order valence-corrected chi connectivity index (χ0v) is 20.2. The highest BCUT2D eigenvalue weighted by Crippen LogP contribution is 2.09. The number of primary amides is 1. The Morgan fingerprint density at radius 3 is 1.58 bits per heavy atom. The zero-order chi connectivity index (χ0) is 28.0. The summed E-state index contributed by atoms with van der Waals surface area (Å²) in [4.78, 5) is 82.1. The van der Waals surface area contributed by atoms with Gasteiger partial charge < -0.3 is 42.7 Å². The second kappa shape index (κ2) is 16.0. The molecule has 0 rings (SSSR count). The lowest BCUT2D eigenvalue weighted by atomic mass is 10.0. The molecule has 0 bridgehead atoms. The van der Waals surface area contributed by atoms with Crippen LogP contribution in [0.2, 0.25) is 0 Å². The predicted octanol–water partition coefficient (Wildman–Crippen LogP) is -2.11. The van der Waals surface area contributed by atoms with Crippen LogP contribution in [0.5, 0.6) is 0 Å². The van der Waals surface area contributed by atoms with Crippen molar-refractivity contribution in [2.75, 3.05) is 0 Å². The van der Waals surface area contributed by atoms with Gasteiger partial charge in [0.25, 0.3) is 0 Å². The minimum absolute atomic E-state index is 0.0669. The van der Waals surface area contributed by atoms with Crippen molar-refractivity contribution in [1.29, 1.82) is 0 Å². The van der Waals surface area contributed by atoms with Crippen LogP contribution >= 0.6 is 0 Å². The number of aliphatic carboxylic acids is 3. The van der Waals surface area contributed by atoms with Crippen LogP contribution in [0.25, 0.3) is 0 Å². The number of amides is 4. The van der Waals surface area contributed by atoms with Gasteiger partial charge in [0.2, 0.25) is 23.6 Å². The van der Waals surface area contributed by atoms with Gasteiger partial charge in [0.05, 0.1) is 6.04 Å². The molecular formula is C21H35N5O10. The van der Waals surface area contributed by atoms with E-state index < -0.39 is 78.5 Å². The average molecular weight is 518 g/mol. The van der Waals surface area contributed by atoms with Gasteiger partial charge >= 0.3 is 17.9 Å². The molecule has 15 nitrogen and oxygen atoms in total. The summed E-state index contributed by atoms with van der Waals surface area (Å²) in [5, 5.41) is 33.7. The number of carbonyl (C=O) groups excluding carboxylic acids is 4. The molecule has 36 heavy (non-hydrogen) atoms. The number of carbonyl (C=O) groups is 7. The monoisotopic (exact) mass is 517 g/mol. The lowest BCUT2D eigenvalue weighted by Crippen LogP contribution is -2.57. The smallest absolute Gasteiger partial charge is 0.326 e. The first kappa shape index (κ1) is 32.2. The van der Waals surface area contributed by atoms with E-state index in [1.54, 1.807) is 13.8 Å². The molecule has 15 heteroatoms. The highest BCUT2D eigenvalue weighted by molar-refractivity contribution is 5.94. The minimum Gasteiger partial charge on any atom is -0.481 e. The maximum Gasteiger partial charge on any atom is 0.326 e. The Balaban J connectivity index is 5.56. The van der Waals surface area contributed by atoms with Crippen molar-refractivity contribution in [1.82, 2.24) is 16.0 Å². The summed E-state index contributed by atoms with van der Waals surface area (Å²) in [6, 6.07) is -5.38. The van der Waals surface area contributed by atoms with Crippen molar-refractivity contribution >= 4 is 41.5 Å². The van der Waals surface area contributed by atoms with E-state index in [1.807, 2.05) is 0 Å². The van der Waals surface area contributed by atoms with Crippen molar-refractivity contribution in [3.8, 4) is 0 Å². The quantitative estimate of drug-likeness (QED) is 0.0974. The summed E-state index contributed by atoms with van der Waals surface area (Å²) >= 11 is 0. The van der Waals surface area contributed by atoms with Crippen LogP contribution in [-0.4, -0.2) is 81.0 Å². The molecule has 0 radical (unpaired) electrons. The molecule has 0 heterocycles. The molecule has 4 atom stereocenters. The van der Waals surface area contributed by atoms with Gasteiger partial charge in [-0.15, -0.1) is 0 Å². The van der Waals surface area contributed by atoms with Gasteiger partial charge in [0.15, 0.2) is 0 Å². The molecule has 0 saturated heterocycles. The molecule has 0 saturated carbocycles. The lowest BCUT2D eigenvalue weighted by Gasteiger charge is -2.26. The predicted molar refractivity (Wildman–Crippen MR) is 123 cm³/mol. The van der Waals surface area contributed by atoms with Crippen LogP contribution in [-0.2, 0) is 33.6 Å². The van der Waals surface area contributed by atoms with Crippen LogP contribution < -0.4 is 27.4 Å². The standard InChI is InChI=1S/C21H35N5O10/c1-10(2)9-14(20(34)25-13(21(35)36)5-8-17(30)31)26-19(33)12(4-6-15(23)27)24-18(32)11(22)3-7-16(28)29/h10-14H,3-9,22H2,1-2H3,(H2,23,27)(H,24,32)(H,25,34)(H,26,33)(H,28,29)(H,30,31)(H,35,36). The number of nitrogens with two attached hydrogens (primary N) is 2. The van der Waals surface area contributed by atoms with E-state index in [1.165, 1.54) is 0 Å². The first-order chi connectivity index (χ1) is 16.6. The summed E-state index contributed by atoms with van der Waals surface area (Å²) in [5.74, 6) is -7.42. The summed E-state index contributed by atoms with van der Waals surface area (Å²) in [6.45, 7) is 3.47. The van der Waals surface area contributed by atoms with E-state index in [0.29, 0.717) is 0 Å². The van der Waals surface area contributed by atoms with Gasteiger partial charge in [0, 0.05) is 19.3 Å². The SMILES string of the molecule is CC(C)CC(NC(=O)C(CCC(N)=O)NC(=O)C(N)CCC(=O)O)C(=O)NC(CCC(=O)O)C(=O)O. The molecule has 0 spiro atoms. The highest BCUT2D eigenvalue weighted by atomic mass is 16.4. The summed E-state index contributed by atoms with van der Waals surface area (Å²) in [5.41, 5.74) is 10.8. The second-order valence-corrected chi connectivity index (χ2v) is 8.63. The third kappa shape index (κ3) is 13.8. The maximum absolute atomic E-state index is 12.9. The third-order valence-corrected chi connectivity index (χ3v) is 4.92. The van der Waals surface area contributed by atoms with Gasteiger partial charge in [-0.1, -0.05) is 13.8 Å². The van der Waals surface area contributed by atoms with E-state index in [0.717, 1.165) is 0 Å². The van der Waals surface area contributed by atoms with Crippen molar-refractivity contribution in [3.05, 3.63) is 0 Å². The van der Waals surface area contributed by atoms with Crippen molar-refractivity contribution in [2.24, 2.45) is 17.4 Å². The number of rotatable bonds is 18. The Kier molecular flexibility index (Phi) is 14.4. The Labute approximate surface area is 207 Å². The largest absolute Gasteiger partial charge is 0.481 e. The number of hydrogen-bond donors (Lipinski definition) is 8. The highest BCUT2D eigenvalue weighted by Gasteiger charge is 2.31. The van der Waals surface area contributed by atoms with Crippen molar-refractivity contribution < 1.29 is 48.9 Å². The molecule has 0 aromatic rings. The summed E-state index contributed by atoms with van der Waals surface area (Å²) in [6.07, 6.45) is -1.98. The molecule has 0 fully saturated rings. The first-order valence-corrected chi connectivity index (χ1v) is 11.2. The lowest BCUT2D eigenvalue weighted by molar-refractivity contribution is -0.143. The number of carboxylic acid groups (broad SMARTS) is 3. The van der Waals surface area contributed by atoms with Gasteiger partial charge in [-0.3, -0.25) is 28.8 Å². The van der Waals surface area contributed by atoms with Crippen LogP contribution in [0.4, 0.5) is 0 Å². The van der Waals surface area contributed by atoms with Gasteiger partial charge in [-0.25, -0.2) is 4.79 Å². The molecular weight excluding hydrogens is 482 g/mol. The van der Waals surface area contributed by atoms with E-state index in [9.17, 15) is 38.7 Å². The zero-order valence-electron chi connectivity index (χ0n) is 20.2. The molecule has 10 N–H and O–H groups in total. The van der Waals surface area contributed by atoms with Gasteiger partial charge in [-0.2, -0.15) is 0 Å². The number of nitrogens with one attached hydrogen (secondary N) is 3. The fourth-order valence-corrected chi connectivity index (χ4v) is 3.02. The molecule has 0 aliphatic carbocycles. The van der Waals surface area contributed by atoms with Crippen molar-refractivity contribution in [3.63, 3.8) is 0 Å². The number of carboxylic acids is 3. The fraction of sp³-hybridized carbons (Fsp3) is 0.667. The molecule has 4 unspecified atom stereocenters. The summed E-state index contributed by atoms with van der Waals surface area (Å²) < 4.78 is 0. The summed E-state index contributed by atoms with van der Waals surface area (Å²) in [7, 11) is 0. The van der Waals surface area contributed by atoms with Crippen LogP contribution in [0, 0.1) is 5.92 Å². The van der Waals surface area contributed by atoms with Gasteiger partial charge in [0.1, 0.15) is 18.1 Å². The third-order valence-electron chi connectivity index (χ3n) is 4.92. The normalized spacial score (nSPS) is 14.1. The Hall–Kier alpha value is -3.75. The van der Waals surface area contributed by atoms with Gasteiger partial charge in [-0.05, 0) is 31.6 Å². The topological polar surface area (TPSA) is 268 Å². The Bertz CT molecular complexity index is 832. The molecule has 0 aliphatic rings. The average Bonchev–Trinajstić information content (AvgIpc) is 2.75. The maximum atomic E-state index is 12.9. The van der Waals surface area contributed by atoms with E-state index >= 15 is 0 Å². The van der Waals surface area contributed by atoms with E-state index in [2.05, 4.69) is 16.0 Å². The molecule has 4 amide bonds. The molecule has 0 aliphatic heterocycles. The van der Waals surface area contributed by atoms with Crippen molar-refractivity contribution in [2.45, 2.75) is 83.0 Å². The van der Waals surface area contributed by atoms with Crippen LogP contribution in [0.3, 0.4) is 0 Å². The molecule has 0 aromatic carbocycles. The number of hydrogen-bond acceptors (Lipinski definition) is 8. The van der Waals surface area contributed by atoms with E-state index in [4.69, 9.17) is 21.7 Å². The van der Waals surface area contributed by atoms with E-state index in [-0.39, 0.29) is 38.0 Å². The first-order valence-electron chi connectivity index (χ1n) is 11.2. The molecule has 0 aromatic heterocycles. The Morgan fingerprint density at radius 1 is 0.667 bits per heavy atom. The van der Waals surface area contributed by atoms with Crippen LogP contribution in [0.15, 0.2) is 0 Å².